The standard InChI is InChI=1S/C11H10N6O2.C9H6ClN5O.C2H5NO/c1-6-13-10-3-9(14-7(2)18)15-11(17(10)16-6)8-4-12-5-19-8;1-5-12-8-2-7(10)13-9(15(8)14-5)6-3-11-4-16-6;1-2(3)4/h3-5H,1-2H3,(H,14,18);2-4H,1H3;1H3,(H2,3,4). The Morgan fingerprint density at radius 3 is 1.79 bits per heavy atom. The number of carbonyl (C=O) groups excluding carboxylic acids is 2. The predicted molar refractivity (Wildman–Crippen MR) is 136 cm³/mol. The Morgan fingerprint density at radius 2 is 1.33 bits per heavy atom. The molecule has 200 valence electrons. The number of aryl methyl sites for hydroxylation is 2. The summed E-state index contributed by atoms with van der Waals surface area (Å²) in [4.78, 5) is 44.9. The molecule has 0 spiro atoms. The van der Waals surface area contributed by atoms with Crippen LogP contribution in [0.15, 0.2) is 46.1 Å². The molecule has 0 aliphatic rings. The van der Waals surface area contributed by atoms with E-state index in [4.69, 9.17) is 20.4 Å². The zero-order chi connectivity index (χ0) is 28.1. The highest BCUT2D eigenvalue weighted by Crippen LogP contribution is 2.21. The Labute approximate surface area is 224 Å². The van der Waals surface area contributed by atoms with E-state index in [9.17, 15) is 9.59 Å². The number of rotatable bonds is 3. The van der Waals surface area contributed by atoms with Crippen molar-refractivity contribution in [2.24, 2.45) is 5.73 Å². The van der Waals surface area contributed by atoms with E-state index in [-0.39, 0.29) is 11.8 Å². The van der Waals surface area contributed by atoms with E-state index in [2.05, 4.69) is 51.2 Å². The van der Waals surface area contributed by atoms with Crippen LogP contribution in [-0.4, -0.2) is 60.9 Å². The summed E-state index contributed by atoms with van der Waals surface area (Å²) in [5.74, 6) is 2.95. The Bertz CT molecular complexity index is 1740. The molecule has 6 heterocycles. The first-order valence-corrected chi connectivity index (χ1v) is 11.4. The average Bonchev–Trinajstić information content (AvgIpc) is 3.64. The van der Waals surface area contributed by atoms with Crippen LogP contribution in [0.2, 0.25) is 5.15 Å². The van der Waals surface area contributed by atoms with Crippen molar-refractivity contribution in [3.63, 3.8) is 0 Å². The molecule has 17 heteroatoms. The first-order chi connectivity index (χ1) is 18.6. The van der Waals surface area contributed by atoms with Crippen LogP contribution in [0, 0.1) is 13.8 Å². The monoisotopic (exact) mass is 552 g/mol. The van der Waals surface area contributed by atoms with Gasteiger partial charge in [-0.15, -0.1) is 10.2 Å². The second kappa shape index (κ2) is 11.4. The first-order valence-electron chi connectivity index (χ1n) is 11.1. The molecule has 0 aromatic carbocycles. The van der Waals surface area contributed by atoms with Crippen LogP contribution in [0.1, 0.15) is 25.5 Å². The quantitative estimate of drug-likeness (QED) is 0.303. The summed E-state index contributed by atoms with van der Waals surface area (Å²) in [6.45, 7) is 6.29. The molecule has 0 unspecified atom stereocenters. The molecule has 0 aliphatic heterocycles. The van der Waals surface area contributed by atoms with Crippen LogP contribution >= 0.6 is 11.6 Å². The molecular formula is C22H21ClN12O4. The number of nitrogens with one attached hydrogen (secondary N) is 1. The van der Waals surface area contributed by atoms with Crippen molar-refractivity contribution in [3.8, 4) is 23.2 Å². The van der Waals surface area contributed by atoms with Gasteiger partial charge in [0, 0.05) is 26.0 Å². The number of oxazole rings is 2. The van der Waals surface area contributed by atoms with E-state index < -0.39 is 0 Å². The highest BCUT2D eigenvalue weighted by molar-refractivity contribution is 6.29. The van der Waals surface area contributed by atoms with Gasteiger partial charge in [-0.1, -0.05) is 11.6 Å². The maximum atomic E-state index is 11.1. The summed E-state index contributed by atoms with van der Waals surface area (Å²) in [6, 6.07) is 3.28. The van der Waals surface area contributed by atoms with Crippen LogP contribution in [0.25, 0.3) is 34.5 Å². The van der Waals surface area contributed by atoms with Crippen LogP contribution in [0.3, 0.4) is 0 Å². The minimum atomic E-state index is -0.333. The summed E-state index contributed by atoms with van der Waals surface area (Å²) in [5, 5.41) is 11.4. The second-order valence-electron chi connectivity index (χ2n) is 7.75. The minimum absolute atomic E-state index is 0.211. The van der Waals surface area contributed by atoms with Crippen molar-refractivity contribution in [2.75, 3.05) is 5.32 Å². The molecule has 6 rings (SSSR count). The number of primary amides is 1. The number of aromatic nitrogens is 10. The number of hydrogen-bond acceptors (Lipinski definition) is 12. The van der Waals surface area contributed by atoms with Gasteiger partial charge in [0.1, 0.15) is 22.6 Å². The number of hydrogen-bond donors (Lipinski definition) is 2. The van der Waals surface area contributed by atoms with Gasteiger partial charge in [-0.25, -0.2) is 29.9 Å². The summed E-state index contributed by atoms with van der Waals surface area (Å²) >= 11 is 5.90. The molecule has 0 bridgehead atoms. The van der Waals surface area contributed by atoms with E-state index in [1.807, 2.05) is 0 Å². The lowest BCUT2D eigenvalue weighted by Crippen LogP contribution is -2.09. The molecule has 6 aromatic rings. The van der Waals surface area contributed by atoms with Crippen LogP contribution in [0.4, 0.5) is 5.82 Å². The topological polar surface area (TPSA) is 210 Å². The molecule has 0 aliphatic carbocycles. The lowest BCUT2D eigenvalue weighted by atomic mass is 10.4. The highest BCUT2D eigenvalue weighted by Gasteiger charge is 2.15. The third-order valence-corrected chi connectivity index (χ3v) is 4.63. The Kier molecular flexibility index (Phi) is 7.85. The lowest BCUT2D eigenvalue weighted by molar-refractivity contribution is -0.116. The average molecular weight is 553 g/mol. The molecule has 3 N–H and O–H groups in total. The van der Waals surface area contributed by atoms with Crippen molar-refractivity contribution < 1.29 is 18.4 Å². The molecule has 0 saturated carbocycles. The normalized spacial score (nSPS) is 10.5. The Balaban J connectivity index is 0.000000161. The van der Waals surface area contributed by atoms with Crippen LogP contribution in [0.5, 0.6) is 0 Å². The van der Waals surface area contributed by atoms with Gasteiger partial charge in [0.05, 0.1) is 12.4 Å². The SMILES string of the molecule is CC(=O)Nc1cc2nc(C)nn2c(-c2cnco2)n1.CC(N)=O.Cc1nc2cc(Cl)nc(-c3cnco3)n2n1. The summed E-state index contributed by atoms with van der Waals surface area (Å²) in [5.41, 5.74) is 5.67. The molecule has 16 nitrogen and oxygen atoms in total. The van der Waals surface area contributed by atoms with E-state index >= 15 is 0 Å². The van der Waals surface area contributed by atoms with E-state index in [0.717, 1.165) is 0 Å². The predicted octanol–water partition coefficient (Wildman–Crippen LogP) is 2.28. The van der Waals surface area contributed by atoms with Gasteiger partial charge in [0.15, 0.2) is 35.6 Å². The van der Waals surface area contributed by atoms with E-state index in [0.29, 0.717) is 57.1 Å². The van der Waals surface area contributed by atoms with Crippen molar-refractivity contribution in [1.82, 2.24) is 49.1 Å². The fourth-order valence-electron chi connectivity index (χ4n) is 3.18. The van der Waals surface area contributed by atoms with Crippen molar-refractivity contribution >= 4 is 40.5 Å². The second-order valence-corrected chi connectivity index (χ2v) is 8.14. The van der Waals surface area contributed by atoms with Gasteiger partial charge < -0.3 is 19.9 Å². The summed E-state index contributed by atoms with van der Waals surface area (Å²) < 4.78 is 13.5. The third kappa shape index (κ3) is 6.55. The number of halogens is 1. The van der Waals surface area contributed by atoms with Crippen molar-refractivity contribution in [3.05, 3.63) is 54.1 Å². The number of anilines is 1. The molecule has 0 saturated heterocycles. The molecule has 2 amide bonds. The van der Waals surface area contributed by atoms with Crippen molar-refractivity contribution in [1.29, 1.82) is 0 Å². The maximum Gasteiger partial charge on any atom is 0.222 e. The number of fused-ring (bicyclic) bond motifs is 2. The fourth-order valence-corrected chi connectivity index (χ4v) is 3.36. The highest BCUT2D eigenvalue weighted by atomic mass is 35.5. The van der Waals surface area contributed by atoms with Gasteiger partial charge in [-0.05, 0) is 13.8 Å². The van der Waals surface area contributed by atoms with Gasteiger partial charge in [0.2, 0.25) is 23.5 Å². The number of carbonyl (C=O) groups is 2. The fraction of sp³-hybridized carbons (Fsp3) is 0.182. The zero-order valence-electron chi connectivity index (χ0n) is 21.0. The molecule has 0 atom stereocenters. The smallest absolute Gasteiger partial charge is 0.222 e. The Hall–Kier alpha value is -5.25. The number of nitrogens with two attached hydrogens (primary N) is 1. The molecular weight excluding hydrogens is 532 g/mol. The first kappa shape index (κ1) is 26.8. The van der Waals surface area contributed by atoms with E-state index in [1.165, 1.54) is 32.8 Å². The van der Waals surface area contributed by atoms with Crippen LogP contribution in [-0.2, 0) is 9.59 Å². The molecule has 0 fully saturated rings. The van der Waals surface area contributed by atoms with E-state index in [1.54, 1.807) is 41.2 Å². The van der Waals surface area contributed by atoms with Gasteiger partial charge in [-0.2, -0.15) is 9.03 Å². The number of amides is 2. The van der Waals surface area contributed by atoms with Crippen molar-refractivity contribution in [2.45, 2.75) is 27.7 Å². The molecule has 0 radical (unpaired) electrons. The number of nitrogens with zero attached hydrogens (tertiary/aromatic N) is 10. The molecule has 39 heavy (non-hydrogen) atoms. The van der Waals surface area contributed by atoms with Crippen LogP contribution < -0.4 is 11.1 Å². The largest absolute Gasteiger partial charge is 0.440 e. The van der Waals surface area contributed by atoms with Gasteiger partial charge in [-0.3, -0.25) is 9.59 Å². The molecule has 6 aromatic heterocycles. The zero-order valence-corrected chi connectivity index (χ0v) is 21.8. The summed E-state index contributed by atoms with van der Waals surface area (Å²) in [6.07, 6.45) is 5.71. The minimum Gasteiger partial charge on any atom is -0.440 e. The lowest BCUT2D eigenvalue weighted by Gasteiger charge is -2.04. The summed E-state index contributed by atoms with van der Waals surface area (Å²) in [7, 11) is 0. The third-order valence-electron chi connectivity index (χ3n) is 4.44. The Morgan fingerprint density at radius 1 is 0.846 bits per heavy atom. The van der Waals surface area contributed by atoms with Gasteiger partial charge >= 0.3 is 0 Å². The maximum absolute atomic E-state index is 11.1. The van der Waals surface area contributed by atoms with Gasteiger partial charge in [0.25, 0.3) is 0 Å².